The van der Waals surface area contributed by atoms with Crippen LogP contribution in [-0.4, -0.2) is 13.1 Å². The van der Waals surface area contributed by atoms with Crippen molar-refractivity contribution in [1.82, 2.24) is 5.32 Å². The van der Waals surface area contributed by atoms with E-state index in [2.05, 4.69) is 33.0 Å². The minimum Gasteiger partial charge on any atom is -0.317 e. The highest BCUT2D eigenvalue weighted by Crippen LogP contribution is 2.46. The molecule has 0 bridgehead atoms. The lowest BCUT2D eigenvalue weighted by atomic mass is 9.64. The maximum atomic E-state index is 3.63. The highest BCUT2D eigenvalue weighted by molar-refractivity contribution is 4.88. The van der Waals surface area contributed by atoms with Crippen molar-refractivity contribution in [3.63, 3.8) is 0 Å². The summed E-state index contributed by atoms with van der Waals surface area (Å²) in [7, 11) is 0. The van der Waals surface area contributed by atoms with Gasteiger partial charge in [0.1, 0.15) is 0 Å². The summed E-state index contributed by atoms with van der Waals surface area (Å²) in [4.78, 5) is 0. The second kappa shape index (κ2) is 7.29. The molecule has 3 atom stereocenters. The fourth-order valence-electron chi connectivity index (χ4n) is 4.67. The SMILES string of the molecule is CCNCC1CCC(C(C)(C)C)CC1CC1CCCC1. The standard InChI is InChI=1S/C19H37N/c1-5-20-14-16-10-11-18(19(2,3)4)13-17(16)12-15-8-6-7-9-15/h15-18,20H,5-14H2,1-4H3. The molecule has 1 N–H and O–H groups in total. The Hall–Kier alpha value is -0.0400. The Balaban J connectivity index is 1.94. The van der Waals surface area contributed by atoms with Crippen molar-refractivity contribution < 1.29 is 0 Å². The van der Waals surface area contributed by atoms with Gasteiger partial charge >= 0.3 is 0 Å². The van der Waals surface area contributed by atoms with Gasteiger partial charge in [0.2, 0.25) is 0 Å². The van der Waals surface area contributed by atoms with E-state index in [0.717, 1.165) is 30.2 Å². The summed E-state index contributed by atoms with van der Waals surface area (Å²) in [6.45, 7) is 12.0. The third kappa shape index (κ3) is 4.48. The van der Waals surface area contributed by atoms with Crippen molar-refractivity contribution in [1.29, 1.82) is 0 Å². The van der Waals surface area contributed by atoms with E-state index >= 15 is 0 Å². The Labute approximate surface area is 127 Å². The van der Waals surface area contributed by atoms with Crippen LogP contribution in [0.5, 0.6) is 0 Å². The van der Waals surface area contributed by atoms with E-state index in [9.17, 15) is 0 Å². The zero-order chi connectivity index (χ0) is 14.6. The molecule has 0 aromatic heterocycles. The van der Waals surface area contributed by atoms with Gasteiger partial charge in [0.15, 0.2) is 0 Å². The molecular formula is C19H37N. The lowest BCUT2D eigenvalue weighted by Gasteiger charge is -2.43. The molecule has 2 fully saturated rings. The first-order chi connectivity index (χ1) is 9.50. The van der Waals surface area contributed by atoms with E-state index < -0.39 is 0 Å². The van der Waals surface area contributed by atoms with Crippen molar-refractivity contribution in [2.24, 2.45) is 29.1 Å². The number of hydrogen-bond acceptors (Lipinski definition) is 1. The maximum absolute atomic E-state index is 3.63. The minimum atomic E-state index is 0.511. The van der Waals surface area contributed by atoms with Crippen LogP contribution in [0.4, 0.5) is 0 Å². The summed E-state index contributed by atoms with van der Waals surface area (Å²) in [5.41, 5.74) is 0.511. The zero-order valence-electron chi connectivity index (χ0n) is 14.4. The molecule has 20 heavy (non-hydrogen) atoms. The summed E-state index contributed by atoms with van der Waals surface area (Å²) in [6, 6.07) is 0. The zero-order valence-corrected chi connectivity index (χ0v) is 14.4. The maximum Gasteiger partial charge on any atom is -0.00180 e. The topological polar surface area (TPSA) is 12.0 Å². The molecule has 0 aromatic rings. The summed E-state index contributed by atoms with van der Waals surface area (Å²) in [5, 5.41) is 3.63. The number of hydrogen-bond donors (Lipinski definition) is 1. The van der Waals surface area contributed by atoms with Crippen LogP contribution in [0.2, 0.25) is 0 Å². The van der Waals surface area contributed by atoms with Crippen LogP contribution in [0.1, 0.15) is 79.1 Å². The first kappa shape index (κ1) is 16.3. The molecule has 2 saturated carbocycles. The lowest BCUT2D eigenvalue weighted by molar-refractivity contribution is 0.0835. The van der Waals surface area contributed by atoms with E-state index in [1.54, 1.807) is 0 Å². The van der Waals surface area contributed by atoms with Crippen LogP contribution < -0.4 is 5.32 Å². The van der Waals surface area contributed by atoms with Crippen LogP contribution in [0.15, 0.2) is 0 Å². The molecule has 1 heteroatoms. The van der Waals surface area contributed by atoms with Gasteiger partial charge in [0.05, 0.1) is 0 Å². The molecule has 1 nitrogen and oxygen atoms in total. The van der Waals surface area contributed by atoms with Gasteiger partial charge in [-0.05, 0) is 67.9 Å². The van der Waals surface area contributed by atoms with Crippen LogP contribution in [0.3, 0.4) is 0 Å². The van der Waals surface area contributed by atoms with Gasteiger partial charge in [0.25, 0.3) is 0 Å². The van der Waals surface area contributed by atoms with Gasteiger partial charge in [-0.15, -0.1) is 0 Å². The predicted octanol–water partition coefficient (Wildman–Crippen LogP) is 5.25. The Morgan fingerprint density at radius 2 is 1.65 bits per heavy atom. The quantitative estimate of drug-likeness (QED) is 0.724. The van der Waals surface area contributed by atoms with Gasteiger partial charge in [-0.3, -0.25) is 0 Å². The van der Waals surface area contributed by atoms with E-state index in [-0.39, 0.29) is 0 Å². The largest absolute Gasteiger partial charge is 0.317 e. The average Bonchev–Trinajstić information content (AvgIpc) is 2.89. The third-order valence-electron chi connectivity index (χ3n) is 6.13. The van der Waals surface area contributed by atoms with E-state index in [1.165, 1.54) is 57.9 Å². The molecule has 0 aromatic carbocycles. The summed E-state index contributed by atoms with van der Waals surface area (Å²) < 4.78 is 0. The van der Waals surface area contributed by atoms with E-state index in [0.29, 0.717) is 5.41 Å². The Bertz CT molecular complexity index is 272. The molecule has 0 amide bonds. The molecule has 0 radical (unpaired) electrons. The molecule has 2 rings (SSSR count). The molecule has 0 aliphatic heterocycles. The first-order valence-electron chi connectivity index (χ1n) is 9.21. The minimum absolute atomic E-state index is 0.511. The summed E-state index contributed by atoms with van der Waals surface area (Å²) in [5.74, 6) is 3.96. The van der Waals surface area contributed by atoms with Gasteiger partial charge in [-0.2, -0.15) is 0 Å². The summed E-state index contributed by atoms with van der Waals surface area (Å²) in [6.07, 6.45) is 12.0. The molecule has 0 saturated heterocycles. The number of rotatable bonds is 5. The molecule has 2 aliphatic carbocycles. The monoisotopic (exact) mass is 279 g/mol. The number of nitrogens with one attached hydrogen (secondary N) is 1. The average molecular weight is 280 g/mol. The predicted molar refractivity (Wildman–Crippen MR) is 88.9 cm³/mol. The van der Waals surface area contributed by atoms with Crippen LogP contribution in [0, 0.1) is 29.1 Å². The molecule has 0 spiro atoms. The van der Waals surface area contributed by atoms with Gasteiger partial charge in [0, 0.05) is 0 Å². The van der Waals surface area contributed by atoms with Gasteiger partial charge in [-0.1, -0.05) is 53.4 Å². The van der Waals surface area contributed by atoms with E-state index in [1.807, 2.05) is 0 Å². The normalized spacial score (nSPS) is 32.7. The smallest absolute Gasteiger partial charge is 0.00180 e. The van der Waals surface area contributed by atoms with Crippen molar-refractivity contribution >= 4 is 0 Å². The van der Waals surface area contributed by atoms with Crippen molar-refractivity contribution in [3.8, 4) is 0 Å². The Morgan fingerprint density at radius 1 is 0.950 bits per heavy atom. The highest BCUT2D eigenvalue weighted by Gasteiger charge is 2.36. The van der Waals surface area contributed by atoms with Crippen molar-refractivity contribution in [2.75, 3.05) is 13.1 Å². The van der Waals surface area contributed by atoms with E-state index in [4.69, 9.17) is 0 Å². The van der Waals surface area contributed by atoms with Crippen LogP contribution in [-0.2, 0) is 0 Å². The lowest BCUT2D eigenvalue weighted by Crippen LogP contribution is -2.37. The van der Waals surface area contributed by atoms with Gasteiger partial charge < -0.3 is 5.32 Å². The second-order valence-corrected chi connectivity index (χ2v) is 8.59. The second-order valence-electron chi connectivity index (χ2n) is 8.59. The highest BCUT2D eigenvalue weighted by atomic mass is 14.8. The Kier molecular flexibility index (Phi) is 5.95. The fourth-order valence-corrected chi connectivity index (χ4v) is 4.67. The molecule has 2 aliphatic rings. The molecule has 0 heterocycles. The first-order valence-corrected chi connectivity index (χ1v) is 9.21. The summed E-state index contributed by atoms with van der Waals surface area (Å²) >= 11 is 0. The molecular weight excluding hydrogens is 242 g/mol. The third-order valence-corrected chi connectivity index (χ3v) is 6.13. The van der Waals surface area contributed by atoms with Crippen LogP contribution >= 0.6 is 0 Å². The fraction of sp³-hybridized carbons (Fsp3) is 1.00. The van der Waals surface area contributed by atoms with Crippen molar-refractivity contribution in [3.05, 3.63) is 0 Å². The van der Waals surface area contributed by atoms with Crippen molar-refractivity contribution in [2.45, 2.75) is 79.1 Å². The molecule has 3 unspecified atom stereocenters. The van der Waals surface area contributed by atoms with Gasteiger partial charge in [-0.25, -0.2) is 0 Å². The molecule has 118 valence electrons. The Morgan fingerprint density at radius 3 is 2.25 bits per heavy atom. The van der Waals surface area contributed by atoms with Crippen LogP contribution in [0.25, 0.3) is 0 Å².